The van der Waals surface area contributed by atoms with Gasteiger partial charge in [0.15, 0.2) is 0 Å². The SMILES string of the molecule is Cc1cccc(-c2nn(-c3ccccc3)cc2C(=O)[O-])c1. The van der Waals surface area contributed by atoms with Gasteiger partial charge in [-0.3, -0.25) is 0 Å². The van der Waals surface area contributed by atoms with Crippen LogP contribution in [0.25, 0.3) is 16.9 Å². The molecule has 0 aliphatic carbocycles. The van der Waals surface area contributed by atoms with Crippen LogP contribution in [0, 0.1) is 6.92 Å². The summed E-state index contributed by atoms with van der Waals surface area (Å²) in [5.74, 6) is -1.23. The van der Waals surface area contributed by atoms with Crippen molar-refractivity contribution in [2.75, 3.05) is 0 Å². The normalized spacial score (nSPS) is 10.5. The van der Waals surface area contributed by atoms with Gasteiger partial charge in [-0.05, 0) is 25.1 Å². The number of para-hydroxylation sites is 1. The highest BCUT2D eigenvalue weighted by Crippen LogP contribution is 2.24. The molecule has 0 fully saturated rings. The zero-order chi connectivity index (χ0) is 14.8. The number of carboxylic acids is 1. The Morgan fingerprint density at radius 2 is 1.86 bits per heavy atom. The number of aromatic carboxylic acids is 1. The summed E-state index contributed by atoms with van der Waals surface area (Å²) in [7, 11) is 0. The van der Waals surface area contributed by atoms with Gasteiger partial charge < -0.3 is 9.90 Å². The lowest BCUT2D eigenvalue weighted by molar-refractivity contribution is -0.254. The molecule has 0 spiro atoms. The molecule has 0 atom stereocenters. The predicted octanol–water partition coefficient (Wildman–Crippen LogP) is 2.21. The molecule has 0 amide bonds. The van der Waals surface area contributed by atoms with Gasteiger partial charge in [0.2, 0.25) is 0 Å². The van der Waals surface area contributed by atoms with E-state index < -0.39 is 5.97 Å². The first-order valence-electron chi connectivity index (χ1n) is 6.58. The van der Waals surface area contributed by atoms with Crippen LogP contribution in [0.4, 0.5) is 0 Å². The number of carbonyl (C=O) groups is 1. The van der Waals surface area contributed by atoms with E-state index in [1.165, 1.54) is 6.20 Å². The van der Waals surface area contributed by atoms with Gasteiger partial charge in [0.1, 0.15) is 5.69 Å². The van der Waals surface area contributed by atoms with Crippen LogP contribution in [-0.4, -0.2) is 15.7 Å². The van der Waals surface area contributed by atoms with Crippen LogP contribution >= 0.6 is 0 Å². The Labute approximate surface area is 122 Å². The van der Waals surface area contributed by atoms with Crippen molar-refractivity contribution in [3.8, 4) is 16.9 Å². The van der Waals surface area contributed by atoms with Gasteiger partial charge in [-0.15, -0.1) is 0 Å². The zero-order valence-corrected chi connectivity index (χ0v) is 11.5. The standard InChI is InChI=1S/C17H14N2O2/c1-12-6-5-7-13(10-12)16-15(17(20)21)11-19(18-16)14-8-3-2-4-9-14/h2-11H,1H3,(H,20,21)/p-1. The number of carbonyl (C=O) groups excluding carboxylic acids is 1. The van der Waals surface area contributed by atoms with E-state index in [0.717, 1.165) is 16.8 Å². The number of nitrogens with zero attached hydrogens (tertiary/aromatic N) is 2. The van der Waals surface area contributed by atoms with Crippen LogP contribution in [0.5, 0.6) is 0 Å². The molecule has 4 heteroatoms. The highest BCUT2D eigenvalue weighted by Gasteiger charge is 2.13. The van der Waals surface area contributed by atoms with Crippen molar-refractivity contribution in [3.63, 3.8) is 0 Å². The highest BCUT2D eigenvalue weighted by atomic mass is 16.4. The van der Waals surface area contributed by atoms with E-state index in [-0.39, 0.29) is 5.56 Å². The highest BCUT2D eigenvalue weighted by molar-refractivity contribution is 5.93. The first-order chi connectivity index (χ1) is 10.1. The third-order valence-corrected chi connectivity index (χ3v) is 3.25. The molecule has 21 heavy (non-hydrogen) atoms. The zero-order valence-electron chi connectivity index (χ0n) is 11.5. The van der Waals surface area contributed by atoms with Gasteiger partial charge >= 0.3 is 0 Å². The van der Waals surface area contributed by atoms with Crippen molar-refractivity contribution < 1.29 is 9.90 Å². The van der Waals surface area contributed by atoms with Crippen molar-refractivity contribution in [1.82, 2.24) is 9.78 Å². The summed E-state index contributed by atoms with van der Waals surface area (Å²) in [6, 6.07) is 17.0. The quantitative estimate of drug-likeness (QED) is 0.737. The average molecular weight is 277 g/mol. The van der Waals surface area contributed by atoms with Crippen molar-refractivity contribution in [2.24, 2.45) is 0 Å². The Kier molecular flexibility index (Phi) is 3.28. The Morgan fingerprint density at radius 3 is 2.52 bits per heavy atom. The molecule has 1 heterocycles. The fourth-order valence-electron chi connectivity index (χ4n) is 2.24. The minimum atomic E-state index is -1.23. The molecule has 0 N–H and O–H groups in total. The lowest BCUT2D eigenvalue weighted by Crippen LogP contribution is -2.22. The minimum absolute atomic E-state index is 0.0875. The number of rotatable bonds is 3. The third kappa shape index (κ3) is 2.56. The summed E-state index contributed by atoms with van der Waals surface area (Å²) in [4.78, 5) is 11.4. The van der Waals surface area contributed by atoms with Crippen LogP contribution in [0.15, 0.2) is 60.8 Å². The second-order valence-electron chi connectivity index (χ2n) is 4.83. The number of hydrogen-bond acceptors (Lipinski definition) is 3. The van der Waals surface area contributed by atoms with Crippen LogP contribution in [0.2, 0.25) is 0 Å². The van der Waals surface area contributed by atoms with E-state index in [0.29, 0.717) is 5.69 Å². The monoisotopic (exact) mass is 277 g/mol. The summed E-state index contributed by atoms with van der Waals surface area (Å²) < 4.78 is 1.56. The molecule has 0 aliphatic heterocycles. The molecule has 0 bridgehead atoms. The predicted molar refractivity (Wildman–Crippen MR) is 78.1 cm³/mol. The lowest BCUT2D eigenvalue weighted by atomic mass is 10.1. The van der Waals surface area contributed by atoms with Gasteiger partial charge in [-0.25, -0.2) is 4.68 Å². The van der Waals surface area contributed by atoms with Crippen molar-refractivity contribution in [3.05, 3.63) is 71.9 Å². The summed E-state index contributed by atoms with van der Waals surface area (Å²) in [6.07, 6.45) is 1.49. The van der Waals surface area contributed by atoms with E-state index in [4.69, 9.17) is 0 Å². The Hall–Kier alpha value is -2.88. The molecule has 0 radical (unpaired) electrons. The van der Waals surface area contributed by atoms with Gasteiger partial charge in [0, 0.05) is 17.3 Å². The summed E-state index contributed by atoms with van der Waals surface area (Å²) in [5.41, 5.74) is 3.13. The number of benzene rings is 2. The summed E-state index contributed by atoms with van der Waals surface area (Å²) in [6.45, 7) is 1.95. The first-order valence-corrected chi connectivity index (χ1v) is 6.58. The van der Waals surface area contributed by atoms with E-state index in [9.17, 15) is 9.90 Å². The lowest BCUT2D eigenvalue weighted by Gasteiger charge is -2.03. The second-order valence-corrected chi connectivity index (χ2v) is 4.83. The minimum Gasteiger partial charge on any atom is -0.545 e. The first kappa shape index (κ1) is 13.1. The molecule has 0 unspecified atom stereocenters. The molecular weight excluding hydrogens is 264 g/mol. The molecule has 104 valence electrons. The van der Waals surface area contributed by atoms with E-state index >= 15 is 0 Å². The molecule has 3 aromatic rings. The number of aromatic nitrogens is 2. The van der Waals surface area contributed by atoms with E-state index in [1.807, 2.05) is 61.5 Å². The van der Waals surface area contributed by atoms with Crippen molar-refractivity contribution in [2.45, 2.75) is 6.92 Å². The summed E-state index contributed by atoms with van der Waals surface area (Å²) >= 11 is 0. The second kappa shape index (κ2) is 5.25. The number of aryl methyl sites for hydroxylation is 1. The van der Waals surface area contributed by atoms with E-state index in [1.54, 1.807) is 4.68 Å². The fraction of sp³-hybridized carbons (Fsp3) is 0.0588. The van der Waals surface area contributed by atoms with Gasteiger partial charge in [0.05, 0.1) is 11.7 Å². The molecule has 2 aromatic carbocycles. The van der Waals surface area contributed by atoms with Gasteiger partial charge in [0.25, 0.3) is 0 Å². The summed E-state index contributed by atoms with van der Waals surface area (Å²) in [5, 5.41) is 15.8. The number of hydrogen-bond donors (Lipinski definition) is 0. The Bertz CT molecular complexity index is 792. The van der Waals surface area contributed by atoms with Crippen LogP contribution in [-0.2, 0) is 0 Å². The largest absolute Gasteiger partial charge is 0.545 e. The maximum absolute atomic E-state index is 11.4. The average Bonchev–Trinajstić information content (AvgIpc) is 2.93. The Morgan fingerprint density at radius 1 is 1.10 bits per heavy atom. The maximum atomic E-state index is 11.4. The molecule has 4 nitrogen and oxygen atoms in total. The molecule has 3 rings (SSSR count). The molecule has 0 saturated heterocycles. The molecular formula is C17H13N2O2-. The van der Waals surface area contributed by atoms with Crippen molar-refractivity contribution in [1.29, 1.82) is 0 Å². The number of carboxylic acid groups (broad SMARTS) is 1. The topological polar surface area (TPSA) is 58.0 Å². The van der Waals surface area contributed by atoms with Crippen LogP contribution in [0.3, 0.4) is 0 Å². The third-order valence-electron chi connectivity index (χ3n) is 3.25. The van der Waals surface area contributed by atoms with Gasteiger partial charge in [-0.1, -0.05) is 42.0 Å². The maximum Gasteiger partial charge on any atom is 0.102 e. The molecule has 0 saturated carbocycles. The molecule has 0 aliphatic rings. The smallest absolute Gasteiger partial charge is 0.102 e. The van der Waals surface area contributed by atoms with Crippen LogP contribution in [0.1, 0.15) is 15.9 Å². The molecule has 1 aromatic heterocycles. The van der Waals surface area contributed by atoms with E-state index in [2.05, 4.69) is 5.10 Å². The van der Waals surface area contributed by atoms with Crippen molar-refractivity contribution >= 4 is 5.97 Å². The Balaban J connectivity index is 2.16. The fourth-order valence-corrected chi connectivity index (χ4v) is 2.24. The van der Waals surface area contributed by atoms with Gasteiger partial charge in [-0.2, -0.15) is 5.10 Å². The van der Waals surface area contributed by atoms with Crippen LogP contribution < -0.4 is 5.11 Å².